The highest BCUT2D eigenvalue weighted by atomic mass is 16.3. The largest absolute Gasteiger partial charge is 0.396 e. The minimum Gasteiger partial charge on any atom is -0.396 e. The van der Waals surface area contributed by atoms with E-state index in [1.165, 1.54) is 12.8 Å². The van der Waals surface area contributed by atoms with Crippen molar-refractivity contribution in [3.63, 3.8) is 0 Å². The quantitative estimate of drug-likeness (QED) is 0.782. The molecule has 144 valence electrons. The van der Waals surface area contributed by atoms with Gasteiger partial charge in [-0.2, -0.15) is 0 Å². The molecule has 1 N–H and O–H groups in total. The molecule has 2 saturated heterocycles. The minimum atomic E-state index is -0.230. The van der Waals surface area contributed by atoms with Crippen molar-refractivity contribution in [3.8, 4) is 0 Å². The summed E-state index contributed by atoms with van der Waals surface area (Å²) in [6.07, 6.45) is 7.02. The van der Waals surface area contributed by atoms with E-state index in [1.54, 1.807) is 0 Å². The Morgan fingerprint density at radius 2 is 1.48 bits per heavy atom. The first-order chi connectivity index (χ1) is 12.0. The van der Waals surface area contributed by atoms with Crippen LogP contribution in [-0.2, 0) is 9.59 Å². The zero-order valence-electron chi connectivity index (χ0n) is 16.0. The van der Waals surface area contributed by atoms with Crippen molar-refractivity contribution >= 4 is 11.8 Å². The van der Waals surface area contributed by atoms with Gasteiger partial charge in [0.25, 0.3) is 0 Å². The number of aliphatic hydroxyl groups is 1. The molecule has 2 amide bonds. The highest BCUT2D eigenvalue weighted by Crippen LogP contribution is 2.30. The fourth-order valence-corrected chi connectivity index (χ4v) is 4.25. The molecule has 2 heterocycles. The third-order valence-corrected chi connectivity index (χ3v) is 5.51. The van der Waals surface area contributed by atoms with Crippen LogP contribution in [0.5, 0.6) is 0 Å². The van der Waals surface area contributed by atoms with Gasteiger partial charge in [-0.1, -0.05) is 12.8 Å². The summed E-state index contributed by atoms with van der Waals surface area (Å²) in [6.45, 7) is 3.90. The van der Waals surface area contributed by atoms with Gasteiger partial charge in [0.15, 0.2) is 0 Å². The number of nitrogens with zero attached hydrogens (tertiary/aromatic N) is 3. The van der Waals surface area contributed by atoms with Crippen LogP contribution in [0.2, 0.25) is 0 Å². The van der Waals surface area contributed by atoms with E-state index < -0.39 is 0 Å². The lowest BCUT2D eigenvalue weighted by molar-refractivity contribution is -0.139. The number of carbonyl (C=O) groups excluding carboxylic acids is 2. The summed E-state index contributed by atoms with van der Waals surface area (Å²) in [6, 6.07) is 0. The van der Waals surface area contributed by atoms with Gasteiger partial charge >= 0.3 is 0 Å². The van der Waals surface area contributed by atoms with Gasteiger partial charge in [0.1, 0.15) is 0 Å². The van der Waals surface area contributed by atoms with E-state index in [2.05, 4.69) is 4.90 Å². The molecule has 0 unspecified atom stereocenters. The van der Waals surface area contributed by atoms with Gasteiger partial charge in [-0.3, -0.25) is 9.59 Å². The molecule has 0 aromatic carbocycles. The predicted octanol–water partition coefficient (Wildman–Crippen LogP) is 1.33. The number of rotatable bonds is 6. The summed E-state index contributed by atoms with van der Waals surface area (Å²) in [5.74, 6) is 0.174. The maximum atomic E-state index is 12.6. The summed E-state index contributed by atoms with van der Waals surface area (Å²) in [5.41, 5.74) is -0.230. The number of aliphatic hydroxyl groups excluding tert-OH is 1. The average Bonchev–Trinajstić information content (AvgIpc) is 2.88. The lowest BCUT2D eigenvalue weighted by atomic mass is 9.80. The SMILES string of the molecule is CN(C)C[C@@]1(CO)CCCN(C(=O)CCC(=O)N2CCCCCC2)C1. The molecule has 0 aliphatic carbocycles. The van der Waals surface area contributed by atoms with E-state index in [9.17, 15) is 14.7 Å². The number of likely N-dealkylation sites (tertiary alicyclic amines) is 2. The molecule has 0 aromatic heterocycles. The summed E-state index contributed by atoms with van der Waals surface area (Å²) >= 11 is 0. The molecule has 0 radical (unpaired) electrons. The Kier molecular flexibility index (Phi) is 7.69. The molecule has 2 rings (SSSR count). The molecule has 0 saturated carbocycles. The highest BCUT2D eigenvalue weighted by Gasteiger charge is 2.37. The molecular formula is C19H35N3O3. The summed E-state index contributed by atoms with van der Waals surface area (Å²) in [5, 5.41) is 9.88. The minimum absolute atomic E-state index is 0.0550. The Morgan fingerprint density at radius 3 is 2.04 bits per heavy atom. The van der Waals surface area contributed by atoms with Crippen LogP contribution in [0.1, 0.15) is 51.4 Å². The second-order valence-electron chi connectivity index (χ2n) is 8.11. The molecule has 0 spiro atoms. The zero-order valence-corrected chi connectivity index (χ0v) is 16.0. The summed E-state index contributed by atoms with van der Waals surface area (Å²) in [7, 11) is 4.00. The Hall–Kier alpha value is -1.14. The normalized spacial score (nSPS) is 25.1. The molecule has 25 heavy (non-hydrogen) atoms. The van der Waals surface area contributed by atoms with Gasteiger partial charge in [-0.05, 0) is 39.8 Å². The van der Waals surface area contributed by atoms with Crippen molar-refractivity contribution < 1.29 is 14.7 Å². The van der Waals surface area contributed by atoms with Crippen molar-refractivity contribution in [3.05, 3.63) is 0 Å². The monoisotopic (exact) mass is 353 g/mol. The first kappa shape index (κ1) is 20.2. The van der Waals surface area contributed by atoms with Crippen LogP contribution in [0.4, 0.5) is 0 Å². The number of hydrogen-bond donors (Lipinski definition) is 1. The maximum Gasteiger partial charge on any atom is 0.223 e. The molecule has 0 bridgehead atoms. The van der Waals surface area contributed by atoms with Crippen LogP contribution >= 0.6 is 0 Å². The fourth-order valence-electron chi connectivity index (χ4n) is 4.25. The third-order valence-electron chi connectivity index (χ3n) is 5.51. The van der Waals surface area contributed by atoms with E-state index in [-0.39, 0.29) is 23.8 Å². The maximum absolute atomic E-state index is 12.6. The molecule has 6 nitrogen and oxygen atoms in total. The van der Waals surface area contributed by atoms with E-state index in [0.29, 0.717) is 19.4 Å². The summed E-state index contributed by atoms with van der Waals surface area (Å²) < 4.78 is 0. The molecule has 0 aromatic rings. The van der Waals surface area contributed by atoms with E-state index in [4.69, 9.17) is 0 Å². The lowest BCUT2D eigenvalue weighted by Gasteiger charge is -2.43. The summed E-state index contributed by atoms with van der Waals surface area (Å²) in [4.78, 5) is 30.8. The van der Waals surface area contributed by atoms with Crippen molar-refractivity contribution in [2.45, 2.75) is 51.4 Å². The zero-order chi connectivity index (χ0) is 18.3. The smallest absolute Gasteiger partial charge is 0.223 e. The number of piperidine rings is 1. The average molecular weight is 354 g/mol. The molecule has 1 atom stereocenters. The molecule has 2 aliphatic heterocycles. The highest BCUT2D eigenvalue weighted by molar-refractivity contribution is 5.84. The van der Waals surface area contributed by atoms with Crippen molar-refractivity contribution in [2.24, 2.45) is 5.41 Å². The Labute approximate surface area is 152 Å². The van der Waals surface area contributed by atoms with Crippen LogP contribution in [-0.4, -0.2) is 85.0 Å². The Balaban J connectivity index is 1.84. The van der Waals surface area contributed by atoms with Crippen LogP contribution in [0.15, 0.2) is 0 Å². The first-order valence-electron chi connectivity index (χ1n) is 9.77. The number of amides is 2. The first-order valence-corrected chi connectivity index (χ1v) is 9.77. The third kappa shape index (κ3) is 5.96. The molecule has 2 fully saturated rings. The van der Waals surface area contributed by atoms with Crippen LogP contribution in [0.25, 0.3) is 0 Å². The topological polar surface area (TPSA) is 64.1 Å². The second-order valence-corrected chi connectivity index (χ2v) is 8.11. The van der Waals surface area contributed by atoms with Gasteiger partial charge in [-0.15, -0.1) is 0 Å². The number of carbonyl (C=O) groups is 2. The van der Waals surface area contributed by atoms with Gasteiger partial charge in [0, 0.05) is 51.0 Å². The molecular weight excluding hydrogens is 318 g/mol. The Bertz CT molecular complexity index is 447. The van der Waals surface area contributed by atoms with Gasteiger partial charge in [-0.25, -0.2) is 0 Å². The van der Waals surface area contributed by atoms with Gasteiger partial charge in [0.05, 0.1) is 6.61 Å². The lowest BCUT2D eigenvalue weighted by Crippen LogP contribution is -2.52. The fraction of sp³-hybridized carbons (Fsp3) is 0.895. The van der Waals surface area contributed by atoms with Crippen molar-refractivity contribution in [2.75, 3.05) is 53.4 Å². The Morgan fingerprint density at radius 1 is 0.920 bits per heavy atom. The van der Waals surface area contributed by atoms with Crippen LogP contribution in [0.3, 0.4) is 0 Å². The van der Waals surface area contributed by atoms with Crippen LogP contribution in [0, 0.1) is 5.41 Å². The predicted molar refractivity (Wildman–Crippen MR) is 98.2 cm³/mol. The van der Waals surface area contributed by atoms with Gasteiger partial charge in [0.2, 0.25) is 11.8 Å². The standard InChI is InChI=1S/C19H35N3O3/c1-20(2)14-19(16-23)10-7-13-22(15-19)18(25)9-8-17(24)21-11-5-3-4-6-12-21/h23H,3-16H2,1-2H3/t19-/m0/s1. The molecule has 6 heteroatoms. The van der Waals surface area contributed by atoms with Crippen molar-refractivity contribution in [1.82, 2.24) is 14.7 Å². The van der Waals surface area contributed by atoms with E-state index in [0.717, 1.165) is 51.9 Å². The van der Waals surface area contributed by atoms with E-state index >= 15 is 0 Å². The van der Waals surface area contributed by atoms with Gasteiger partial charge < -0.3 is 19.8 Å². The second kappa shape index (κ2) is 9.53. The van der Waals surface area contributed by atoms with Crippen molar-refractivity contribution in [1.29, 1.82) is 0 Å². The van der Waals surface area contributed by atoms with Crippen LogP contribution < -0.4 is 0 Å². The molecule has 2 aliphatic rings. The van der Waals surface area contributed by atoms with E-state index in [1.807, 2.05) is 23.9 Å². The number of hydrogen-bond acceptors (Lipinski definition) is 4.